The number of nitrogens with zero attached hydrogens (tertiary/aromatic N) is 2. The molecular formula is C12H13BrN4OS. The van der Waals surface area contributed by atoms with Gasteiger partial charge in [-0.3, -0.25) is 9.89 Å². The number of aromatic nitrogens is 3. The standard InChI is InChI=1S/C12H13BrN4OS/c13-10-2-1-7(19-10)3-4-14-12(18)9-5-8(9)11-15-6-16-17-11/h1-2,6,8-9H,3-5H2,(H,14,18)(H,15,16,17)/t8-,9-/m0/s1. The van der Waals surface area contributed by atoms with E-state index in [1.807, 2.05) is 6.07 Å². The van der Waals surface area contributed by atoms with E-state index in [4.69, 9.17) is 0 Å². The van der Waals surface area contributed by atoms with Crippen LogP contribution >= 0.6 is 27.3 Å². The normalized spacial score (nSPS) is 21.3. The van der Waals surface area contributed by atoms with Crippen LogP contribution in [0.2, 0.25) is 0 Å². The second-order valence-corrected chi connectivity index (χ2v) is 7.11. The monoisotopic (exact) mass is 340 g/mol. The zero-order chi connectivity index (χ0) is 13.2. The Morgan fingerprint density at radius 2 is 2.47 bits per heavy atom. The van der Waals surface area contributed by atoms with Crippen LogP contribution in [0.5, 0.6) is 0 Å². The molecule has 7 heteroatoms. The van der Waals surface area contributed by atoms with Crippen LogP contribution in [0.4, 0.5) is 0 Å². The van der Waals surface area contributed by atoms with Gasteiger partial charge >= 0.3 is 0 Å². The Labute approximate surface area is 123 Å². The number of hydrogen-bond acceptors (Lipinski definition) is 4. The number of halogens is 1. The van der Waals surface area contributed by atoms with Crippen molar-refractivity contribution < 1.29 is 4.79 Å². The van der Waals surface area contributed by atoms with Crippen LogP contribution in [-0.4, -0.2) is 27.6 Å². The van der Waals surface area contributed by atoms with Crippen molar-refractivity contribution in [2.45, 2.75) is 18.8 Å². The molecule has 0 bridgehead atoms. The molecule has 1 amide bonds. The van der Waals surface area contributed by atoms with Crippen molar-refractivity contribution in [2.75, 3.05) is 6.54 Å². The fourth-order valence-electron chi connectivity index (χ4n) is 2.11. The van der Waals surface area contributed by atoms with E-state index in [-0.39, 0.29) is 17.7 Å². The van der Waals surface area contributed by atoms with Gasteiger partial charge in [0.25, 0.3) is 0 Å². The Bertz CT molecular complexity index is 568. The quantitative estimate of drug-likeness (QED) is 0.875. The fraction of sp³-hybridized carbons (Fsp3) is 0.417. The average Bonchev–Trinajstić information content (AvgIpc) is 2.82. The number of amides is 1. The molecule has 100 valence electrons. The summed E-state index contributed by atoms with van der Waals surface area (Å²) in [5, 5.41) is 9.62. The van der Waals surface area contributed by atoms with Gasteiger partial charge in [-0.15, -0.1) is 11.3 Å². The van der Waals surface area contributed by atoms with Gasteiger partial charge in [0, 0.05) is 23.3 Å². The minimum atomic E-state index is 0.0584. The minimum absolute atomic E-state index is 0.0584. The second kappa shape index (κ2) is 5.42. The summed E-state index contributed by atoms with van der Waals surface area (Å²) in [7, 11) is 0. The van der Waals surface area contributed by atoms with Gasteiger partial charge in [0.05, 0.1) is 3.79 Å². The number of nitrogens with one attached hydrogen (secondary N) is 2. The van der Waals surface area contributed by atoms with Crippen LogP contribution in [0.25, 0.3) is 0 Å². The highest BCUT2D eigenvalue weighted by atomic mass is 79.9. The molecule has 2 N–H and O–H groups in total. The summed E-state index contributed by atoms with van der Waals surface area (Å²) in [5.74, 6) is 1.22. The van der Waals surface area contributed by atoms with E-state index in [1.165, 1.54) is 11.2 Å². The SMILES string of the molecule is O=C(NCCc1ccc(Br)s1)[C@H]1C[C@@H]1c1ncn[nH]1. The zero-order valence-electron chi connectivity index (χ0n) is 10.1. The summed E-state index contributed by atoms with van der Waals surface area (Å²) < 4.78 is 1.13. The lowest BCUT2D eigenvalue weighted by Crippen LogP contribution is -2.27. The van der Waals surface area contributed by atoms with Crippen LogP contribution < -0.4 is 5.32 Å². The predicted octanol–water partition coefficient (Wildman–Crippen LogP) is 2.09. The molecule has 5 nitrogen and oxygen atoms in total. The van der Waals surface area contributed by atoms with Crippen molar-refractivity contribution in [1.29, 1.82) is 0 Å². The van der Waals surface area contributed by atoms with Gasteiger partial charge in [0.1, 0.15) is 12.2 Å². The third-order valence-corrected chi connectivity index (χ3v) is 4.89. The lowest BCUT2D eigenvalue weighted by Gasteiger charge is -2.03. The molecule has 1 fully saturated rings. The highest BCUT2D eigenvalue weighted by Gasteiger charge is 2.45. The average molecular weight is 341 g/mol. The van der Waals surface area contributed by atoms with Gasteiger partial charge in [-0.05, 0) is 40.9 Å². The van der Waals surface area contributed by atoms with E-state index in [9.17, 15) is 4.79 Å². The minimum Gasteiger partial charge on any atom is -0.355 e. The lowest BCUT2D eigenvalue weighted by molar-refractivity contribution is -0.122. The molecule has 1 saturated carbocycles. The molecule has 2 aromatic rings. The van der Waals surface area contributed by atoms with Gasteiger partial charge in [0.15, 0.2) is 0 Å². The van der Waals surface area contributed by atoms with Crippen LogP contribution in [0.3, 0.4) is 0 Å². The molecule has 19 heavy (non-hydrogen) atoms. The largest absolute Gasteiger partial charge is 0.355 e. The summed E-state index contributed by atoms with van der Waals surface area (Å²) in [6.45, 7) is 0.686. The predicted molar refractivity (Wildman–Crippen MR) is 76.0 cm³/mol. The highest BCUT2D eigenvalue weighted by molar-refractivity contribution is 9.11. The Hall–Kier alpha value is -1.21. The number of hydrogen-bond donors (Lipinski definition) is 2. The molecule has 2 atom stereocenters. The Morgan fingerprint density at radius 3 is 3.16 bits per heavy atom. The lowest BCUT2D eigenvalue weighted by atomic mass is 10.2. The Morgan fingerprint density at radius 1 is 1.58 bits per heavy atom. The number of thiophene rings is 1. The summed E-state index contributed by atoms with van der Waals surface area (Å²) in [5.41, 5.74) is 0. The molecule has 3 rings (SSSR count). The zero-order valence-corrected chi connectivity index (χ0v) is 12.5. The molecule has 0 radical (unpaired) electrons. The first-order chi connectivity index (χ1) is 9.24. The van der Waals surface area contributed by atoms with E-state index in [0.29, 0.717) is 6.54 Å². The maximum absolute atomic E-state index is 11.9. The van der Waals surface area contributed by atoms with Crippen molar-refractivity contribution in [3.8, 4) is 0 Å². The summed E-state index contributed by atoms with van der Waals surface area (Å²) in [6, 6.07) is 4.11. The molecule has 2 heterocycles. The summed E-state index contributed by atoms with van der Waals surface area (Å²) in [6.07, 6.45) is 3.23. The van der Waals surface area contributed by atoms with E-state index >= 15 is 0 Å². The van der Waals surface area contributed by atoms with Crippen LogP contribution in [0.15, 0.2) is 22.2 Å². The van der Waals surface area contributed by atoms with E-state index in [0.717, 1.165) is 22.5 Å². The van der Waals surface area contributed by atoms with Crippen LogP contribution in [-0.2, 0) is 11.2 Å². The highest BCUT2D eigenvalue weighted by Crippen LogP contribution is 2.45. The molecule has 0 spiro atoms. The van der Waals surface area contributed by atoms with Crippen molar-refractivity contribution in [3.63, 3.8) is 0 Å². The number of aromatic amines is 1. The van der Waals surface area contributed by atoms with Crippen molar-refractivity contribution in [2.24, 2.45) is 5.92 Å². The molecule has 0 saturated heterocycles. The molecule has 0 unspecified atom stereocenters. The van der Waals surface area contributed by atoms with Crippen molar-refractivity contribution in [1.82, 2.24) is 20.5 Å². The third-order valence-electron chi connectivity index (χ3n) is 3.21. The van der Waals surface area contributed by atoms with Gasteiger partial charge in [-0.1, -0.05) is 0 Å². The van der Waals surface area contributed by atoms with Crippen molar-refractivity contribution >= 4 is 33.2 Å². The Balaban J connectivity index is 1.43. The third kappa shape index (κ3) is 3.03. The van der Waals surface area contributed by atoms with Gasteiger partial charge < -0.3 is 5.32 Å². The Kier molecular flexibility index (Phi) is 3.65. The van der Waals surface area contributed by atoms with Gasteiger partial charge in [-0.2, -0.15) is 5.10 Å². The van der Waals surface area contributed by atoms with Gasteiger partial charge in [0.2, 0.25) is 5.91 Å². The summed E-state index contributed by atoms with van der Waals surface area (Å²) >= 11 is 5.14. The van der Waals surface area contributed by atoms with Crippen molar-refractivity contribution in [3.05, 3.63) is 32.9 Å². The molecule has 0 aliphatic heterocycles. The molecule has 0 aromatic carbocycles. The van der Waals surface area contributed by atoms with E-state index in [1.54, 1.807) is 11.3 Å². The van der Waals surface area contributed by atoms with Gasteiger partial charge in [-0.25, -0.2) is 4.98 Å². The topological polar surface area (TPSA) is 70.7 Å². The van der Waals surface area contributed by atoms with E-state index in [2.05, 4.69) is 42.5 Å². The van der Waals surface area contributed by atoms with E-state index < -0.39 is 0 Å². The number of rotatable bonds is 5. The maximum Gasteiger partial charge on any atom is 0.223 e. The first-order valence-electron chi connectivity index (χ1n) is 6.11. The first kappa shape index (κ1) is 12.8. The molecular weight excluding hydrogens is 328 g/mol. The first-order valence-corrected chi connectivity index (χ1v) is 7.72. The fourth-order valence-corrected chi connectivity index (χ4v) is 3.59. The smallest absolute Gasteiger partial charge is 0.223 e. The molecule has 1 aliphatic rings. The summed E-state index contributed by atoms with van der Waals surface area (Å²) in [4.78, 5) is 17.3. The number of carbonyl (C=O) groups is 1. The number of H-pyrrole nitrogens is 1. The van der Waals surface area contributed by atoms with Crippen LogP contribution in [0.1, 0.15) is 23.0 Å². The molecule has 1 aliphatic carbocycles. The molecule has 2 aromatic heterocycles. The second-order valence-electron chi connectivity index (χ2n) is 4.57. The maximum atomic E-state index is 11.9. The van der Waals surface area contributed by atoms with Crippen LogP contribution in [0, 0.1) is 5.92 Å². The number of carbonyl (C=O) groups excluding carboxylic acids is 1.